The van der Waals surface area contributed by atoms with E-state index in [9.17, 15) is 20.1 Å². The number of rotatable bonds is 19. The van der Waals surface area contributed by atoms with Gasteiger partial charge in [-0.05, 0) is 70.6 Å². The summed E-state index contributed by atoms with van der Waals surface area (Å²) in [6.07, 6.45) is 13.5. The molecule has 10 nitrogen and oxygen atoms in total. The second kappa shape index (κ2) is 19.4. The number of hydrogen-bond acceptors (Lipinski definition) is 10. The largest absolute Gasteiger partial charge is 0.393 e. The molecule has 5 fully saturated rings. The van der Waals surface area contributed by atoms with Crippen LogP contribution in [0.1, 0.15) is 172 Å². The molecule has 0 saturated carbocycles. The van der Waals surface area contributed by atoms with Crippen molar-refractivity contribution in [2.45, 2.75) is 237 Å². The average molecular weight is 795 g/mol. The molecule has 0 aliphatic carbocycles. The Bertz CT molecular complexity index is 1250. The van der Waals surface area contributed by atoms with Gasteiger partial charge >= 0.3 is 0 Å². The predicted molar refractivity (Wildman–Crippen MR) is 217 cm³/mol. The normalized spacial score (nSPS) is 44.7. The van der Waals surface area contributed by atoms with Crippen LogP contribution in [0.2, 0.25) is 0 Å². The van der Waals surface area contributed by atoms with Crippen molar-refractivity contribution in [3.63, 3.8) is 0 Å². The summed E-state index contributed by atoms with van der Waals surface area (Å²) in [6.45, 7) is 20.8. The van der Waals surface area contributed by atoms with Crippen molar-refractivity contribution >= 4 is 5.78 Å². The number of Topliss-reactive ketones (excluding diaryl/α,β-unsaturated/α-hetero) is 1. The summed E-state index contributed by atoms with van der Waals surface area (Å²) in [7, 11) is 0. The number of aliphatic hydroxyl groups is 3. The van der Waals surface area contributed by atoms with Gasteiger partial charge in [0.25, 0.3) is 0 Å². The van der Waals surface area contributed by atoms with Gasteiger partial charge in [-0.15, -0.1) is 0 Å². The molecule has 5 rings (SSSR count). The first-order valence-corrected chi connectivity index (χ1v) is 23.0. The van der Waals surface area contributed by atoms with Gasteiger partial charge in [0, 0.05) is 43.1 Å². The zero-order chi connectivity index (χ0) is 41.1. The second-order valence-electron chi connectivity index (χ2n) is 19.7. The Hall–Kier alpha value is -0.690. The standard InChI is InChI=1S/C46H82O10/c1-11-13-14-15-16-17-18-19-24-51-40(32(6)35(9)48)34(8)41-33(7)36(49)27-45(54-41)23-22-43(10,56-45)38-20-21-44(12-2,53-38)42-30(4)26-37(52-42)39-29(3)25-31(5)46(50,28-47)55-39/h29-34,36-42,47,49-50H,11-28H2,1-10H3/t29-,30-,31+,32?,33+,34-,36-,37+,38+,39-,40+,41-,42+,43-,44-,45+,46-/m0/s1. The molecule has 0 amide bonds. The highest BCUT2D eigenvalue weighted by atomic mass is 16.7. The minimum Gasteiger partial charge on any atom is -0.393 e. The molecule has 3 N–H and O–H groups in total. The molecule has 0 aromatic rings. The fourth-order valence-electron chi connectivity index (χ4n) is 11.3. The zero-order valence-electron chi connectivity index (χ0n) is 36.9. The minimum atomic E-state index is -1.56. The van der Waals surface area contributed by atoms with Crippen LogP contribution in [0, 0.1) is 35.5 Å². The molecule has 5 aliphatic heterocycles. The number of hydrogen-bond donors (Lipinski definition) is 3. The summed E-state index contributed by atoms with van der Waals surface area (Å²) in [6, 6.07) is 0. The number of carbonyl (C=O) groups is 1. The maximum atomic E-state index is 12.8. The maximum Gasteiger partial charge on any atom is 0.192 e. The smallest absolute Gasteiger partial charge is 0.192 e. The van der Waals surface area contributed by atoms with Crippen molar-refractivity contribution in [3.05, 3.63) is 0 Å². The fourth-order valence-corrected chi connectivity index (χ4v) is 11.3. The van der Waals surface area contributed by atoms with E-state index < -0.39 is 35.5 Å². The molecule has 0 bridgehead atoms. The summed E-state index contributed by atoms with van der Waals surface area (Å²) in [5.74, 6) is -2.70. The number of ketones is 1. The fraction of sp³-hybridized carbons (Fsp3) is 0.978. The molecular formula is C46H82O10. The SMILES string of the molecule is CCCCCCCCCCO[C@H](C(C)C(C)=O)[C@H](C)[C@H]1O[C@@]2(CC[C@@](C)([C@H]3CC[C@@](CC)([C@@H]4O[C@@H]([C@H]5O[C@@](O)(CO)[C@H](C)C[C@@H]5C)C[C@@H]4C)O3)O2)C[C@H](O)[C@H]1C. The monoisotopic (exact) mass is 795 g/mol. The zero-order valence-corrected chi connectivity index (χ0v) is 36.9. The van der Waals surface area contributed by atoms with Crippen molar-refractivity contribution in [1.82, 2.24) is 0 Å². The predicted octanol–water partition coefficient (Wildman–Crippen LogP) is 8.29. The van der Waals surface area contributed by atoms with Crippen LogP contribution in [-0.4, -0.2) is 99.8 Å². The Morgan fingerprint density at radius 1 is 0.893 bits per heavy atom. The van der Waals surface area contributed by atoms with Crippen LogP contribution >= 0.6 is 0 Å². The molecule has 1 spiro atoms. The summed E-state index contributed by atoms with van der Waals surface area (Å²) in [5, 5.41) is 32.6. The van der Waals surface area contributed by atoms with E-state index in [1.165, 1.54) is 38.5 Å². The van der Waals surface area contributed by atoms with Crippen LogP contribution in [0.15, 0.2) is 0 Å². The van der Waals surface area contributed by atoms with Gasteiger partial charge in [-0.25, -0.2) is 0 Å². The Morgan fingerprint density at radius 3 is 2.21 bits per heavy atom. The molecule has 0 radical (unpaired) electrons. The third-order valence-corrected chi connectivity index (χ3v) is 15.3. The highest BCUT2D eigenvalue weighted by molar-refractivity contribution is 5.78. The Labute approximate surface area is 339 Å². The van der Waals surface area contributed by atoms with Gasteiger partial charge in [-0.3, -0.25) is 4.79 Å². The van der Waals surface area contributed by atoms with E-state index in [1.54, 1.807) is 6.92 Å². The molecule has 56 heavy (non-hydrogen) atoms. The second-order valence-corrected chi connectivity index (χ2v) is 19.7. The summed E-state index contributed by atoms with van der Waals surface area (Å²) >= 11 is 0. The average Bonchev–Trinajstić information content (AvgIpc) is 3.88. The van der Waals surface area contributed by atoms with Crippen LogP contribution < -0.4 is 0 Å². The third kappa shape index (κ3) is 9.91. The summed E-state index contributed by atoms with van der Waals surface area (Å²) in [5.41, 5.74) is -1.10. The Balaban J connectivity index is 1.22. The topological polar surface area (TPSA) is 133 Å². The first-order valence-electron chi connectivity index (χ1n) is 23.0. The van der Waals surface area contributed by atoms with E-state index in [-0.39, 0.29) is 77.9 Å². The first-order chi connectivity index (χ1) is 26.5. The number of ether oxygens (including phenoxy) is 6. The highest BCUT2D eigenvalue weighted by Gasteiger charge is 2.62. The van der Waals surface area contributed by atoms with Crippen molar-refractivity contribution in [3.8, 4) is 0 Å². The molecule has 17 atom stereocenters. The van der Waals surface area contributed by atoms with Crippen LogP contribution in [0.4, 0.5) is 0 Å². The van der Waals surface area contributed by atoms with E-state index in [0.29, 0.717) is 19.4 Å². The number of carbonyl (C=O) groups excluding carboxylic acids is 1. The van der Waals surface area contributed by atoms with Gasteiger partial charge in [-0.2, -0.15) is 0 Å². The van der Waals surface area contributed by atoms with Crippen LogP contribution in [0.5, 0.6) is 0 Å². The van der Waals surface area contributed by atoms with Crippen LogP contribution in [-0.2, 0) is 33.2 Å². The maximum absolute atomic E-state index is 12.8. The van der Waals surface area contributed by atoms with E-state index in [1.807, 2.05) is 13.8 Å². The molecular weight excluding hydrogens is 712 g/mol. The van der Waals surface area contributed by atoms with Gasteiger partial charge < -0.3 is 43.7 Å². The molecule has 0 aromatic carbocycles. The highest BCUT2D eigenvalue weighted by Crippen LogP contribution is 2.55. The van der Waals surface area contributed by atoms with Gasteiger partial charge in [0.15, 0.2) is 11.6 Å². The quantitative estimate of drug-likeness (QED) is 0.110. The van der Waals surface area contributed by atoms with E-state index in [2.05, 4.69) is 48.5 Å². The third-order valence-electron chi connectivity index (χ3n) is 15.3. The van der Waals surface area contributed by atoms with Gasteiger partial charge in [0.05, 0.1) is 60.5 Å². The molecule has 0 aromatic heterocycles. The molecule has 5 saturated heterocycles. The lowest BCUT2D eigenvalue weighted by molar-refractivity contribution is -0.336. The van der Waals surface area contributed by atoms with Crippen molar-refractivity contribution in [2.75, 3.05) is 13.2 Å². The first kappa shape index (κ1) is 46.4. The molecule has 326 valence electrons. The lowest BCUT2D eigenvalue weighted by Crippen LogP contribution is -2.57. The van der Waals surface area contributed by atoms with E-state index >= 15 is 0 Å². The van der Waals surface area contributed by atoms with E-state index in [0.717, 1.165) is 51.4 Å². The minimum absolute atomic E-state index is 0.105. The van der Waals surface area contributed by atoms with Crippen molar-refractivity contribution in [1.29, 1.82) is 0 Å². The number of unbranched alkanes of at least 4 members (excludes halogenated alkanes) is 7. The number of aliphatic hydroxyl groups excluding tert-OH is 2. The van der Waals surface area contributed by atoms with Gasteiger partial charge in [0.2, 0.25) is 0 Å². The van der Waals surface area contributed by atoms with Crippen LogP contribution in [0.25, 0.3) is 0 Å². The molecule has 5 heterocycles. The van der Waals surface area contributed by atoms with Crippen LogP contribution in [0.3, 0.4) is 0 Å². The van der Waals surface area contributed by atoms with Crippen molar-refractivity contribution in [2.24, 2.45) is 35.5 Å². The molecule has 10 heteroatoms. The van der Waals surface area contributed by atoms with Gasteiger partial charge in [0.1, 0.15) is 5.78 Å². The summed E-state index contributed by atoms with van der Waals surface area (Å²) < 4.78 is 41.0. The van der Waals surface area contributed by atoms with Crippen molar-refractivity contribution < 1.29 is 48.5 Å². The lowest BCUT2D eigenvalue weighted by Gasteiger charge is -2.49. The lowest BCUT2D eigenvalue weighted by atomic mass is 9.77. The molecule has 1 unspecified atom stereocenters. The van der Waals surface area contributed by atoms with E-state index in [4.69, 9.17) is 28.4 Å². The molecule has 5 aliphatic rings. The summed E-state index contributed by atoms with van der Waals surface area (Å²) in [4.78, 5) is 12.8. The Kier molecular flexibility index (Phi) is 16.0. The van der Waals surface area contributed by atoms with Gasteiger partial charge in [-0.1, -0.05) is 100 Å². The Morgan fingerprint density at radius 2 is 1.57 bits per heavy atom.